The van der Waals surface area contributed by atoms with Gasteiger partial charge < -0.3 is 34.5 Å². The van der Waals surface area contributed by atoms with Crippen molar-refractivity contribution in [2.24, 2.45) is 0 Å². The van der Waals surface area contributed by atoms with E-state index in [0.29, 0.717) is 60.8 Å². The van der Waals surface area contributed by atoms with Crippen LogP contribution < -0.4 is 29.6 Å². The van der Waals surface area contributed by atoms with Gasteiger partial charge in [-0.15, -0.1) is 0 Å². The van der Waals surface area contributed by atoms with E-state index < -0.39 is 0 Å². The maximum atomic E-state index is 13.1. The van der Waals surface area contributed by atoms with Gasteiger partial charge in [-0.25, -0.2) is 0 Å². The molecular weight excluding hydrogens is 825 g/mol. The lowest BCUT2D eigenvalue weighted by Crippen LogP contribution is -2.28. The van der Waals surface area contributed by atoms with Gasteiger partial charge in [0.15, 0.2) is 23.0 Å². The molecule has 352 valence electrons. The third kappa shape index (κ3) is 14.1. The Hall–Kier alpha value is -5.84. The molecule has 0 aliphatic carbocycles. The van der Waals surface area contributed by atoms with Gasteiger partial charge in [0.1, 0.15) is 26.4 Å². The first-order valence-corrected chi connectivity index (χ1v) is 23.8. The summed E-state index contributed by atoms with van der Waals surface area (Å²) in [7, 11) is 0. The molecule has 2 amide bonds. The van der Waals surface area contributed by atoms with E-state index in [2.05, 4.69) is 137 Å². The topological polar surface area (TPSA) is 102 Å². The normalized spacial score (nSPS) is 15.3. The molecule has 10 heteroatoms. The summed E-state index contributed by atoms with van der Waals surface area (Å²) in [5, 5.41) is 5.99. The van der Waals surface area contributed by atoms with E-state index >= 15 is 0 Å². The summed E-state index contributed by atoms with van der Waals surface area (Å²) in [5.41, 5.74) is 9.57. The van der Waals surface area contributed by atoms with Crippen LogP contribution in [0.3, 0.4) is 0 Å². The van der Waals surface area contributed by atoms with Crippen LogP contribution in [0.1, 0.15) is 104 Å². The number of nitrogens with zero attached hydrogens (tertiary/aromatic N) is 2. The van der Waals surface area contributed by atoms with Crippen molar-refractivity contribution in [1.29, 1.82) is 0 Å². The quantitative estimate of drug-likeness (QED) is 0.121. The molecule has 66 heavy (non-hydrogen) atoms. The highest BCUT2D eigenvalue weighted by Crippen LogP contribution is 2.35. The van der Waals surface area contributed by atoms with Crippen molar-refractivity contribution in [3.05, 3.63) is 131 Å². The predicted molar refractivity (Wildman–Crippen MR) is 270 cm³/mol. The summed E-state index contributed by atoms with van der Waals surface area (Å²) >= 11 is 0. The Balaban J connectivity index is 0.000000218. The Morgan fingerprint density at radius 2 is 1.12 bits per heavy atom. The predicted octanol–water partition coefficient (Wildman–Crippen LogP) is 11.3. The lowest BCUT2D eigenvalue weighted by Gasteiger charge is -2.26. The number of carbonyl (C=O) groups is 2. The molecule has 0 bridgehead atoms. The van der Waals surface area contributed by atoms with Crippen molar-refractivity contribution in [1.82, 2.24) is 9.80 Å². The highest BCUT2D eigenvalue weighted by atomic mass is 16.6. The fourth-order valence-corrected chi connectivity index (χ4v) is 8.16. The first-order valence-electron chi connectivity index (χ1n) is 23.8. The van der Waals surface area contributed by atoms with E-state index in [0.717, 1.165) is 80.8 Å². The molecule has 0 radical (unpaired) electrons. The van der Waals surface area contributed by atoms with E-state index in [-0.39, 0.29) is 22.6 Å². The third-order valence-electron chi connectivity index (χ3n) is 12.3. The van der Waals surface area contributed by atoms with Crippen LogP contribution in [0.15, 0.2) is 109 Å². The number of benzene rings is 4. The van der Waals surface area contributed by atoms with Gasteiger partial charge in [-0.2, -0.15) is 0 Å². The monoisotopic (exact) mass is 897 g/mol. The number of hydrogen-bond donors (Lipinski definition) is 2. The van der Waals surface area contributed by atoms with E-state index in [9.17, 15) is 9.59 Å². The van der Waals surface area contributed by atoms with E-state index in [4.69, 9.17) is 18.9 Å². The third-order valence-corrected chi connectivity index (χ3v) is 12.3. The zero-order chi connectivity index (χ0) is 47.3. The largest absolute Gasteiger partial charge is 0.486 e. The summed E-state index contributed by atoms with van der Waals surface area (Å²) < 4.78 is 22.4. The first-order chi connectivity index (χ1) is 31.6. The van der Waals surface area contributed by atoms with Crippen molar-refractivity contribution in [2.45, 2.75) is 92.4 Å². The van der Waals surface area contributed by atoms with Crippen LogP contribution in [0, 0.1) is 0 Å². The lowest BCUT2D eigenvalue weighted by atomic mass is 9.85. The van der Waals surface area contributed by atoms with Gasteiger partial charge in [0.05, 0.1) is 0 Å². The maximum absolute atomic E-state index is 13.1. The molecule has 4 aromatic rings. The zero-order valence-electron chi connectivity index (χ0n) is 40.9. The van der Waals surface area contributed by atoms with Crippen LogP contribution in [0.2, 0.25) is 0 Å². The fraction of sp³-hybridized carbons (Fsp3) is 0.429. The van der Waals surface area contributed by atoms with Crippen molar-refractivity contribution in [3.63, 3.8) is 0 Å². The second-order valence-corrected chi connectivity index (χ2v) is 19.1. The van der Waals surface area contributed by atoms with Gasteiger partial charge >= 0.3 is 0 Å². The van der Waals surface area contributed by atoms with Crippen molar-refractivity contribution in [2.75, 3.05) is 76.3 Å². The van der Waals surface area contributed by atoms with E-state index in [1.165, 1.54) is 16.7 Å². The molecule has 4 aromatic carbocycles. The van der Waals surface area contributed by atoms with Crippen LogP contribution in [0.25, 0.3) is 11.1 Å². The summed E-state index contributed by atoms with van der Waals surface area (Å²) in [4.78, 5) is 30.8. The van der Waals surface area contributed by atoms with Gasteiger partial charge in [0.2, 0.25) is 11.8 Å². The van der Waals surface area contributed by atoms with Gasteiger partial charge in [0, 0.05) is 48.7 Å². The number of fused-ring (bicyclic) bond motifs is 2. The van der Waals surface area contributed by atoms with Crippen LogP contribution >= 0.6 is 0 Å². The Morgan fingerprint density at radius 3 is 1.58 bits per heavy atom. The van der Waals surface area contributed by atoms with Crippen LogP contribution in [0.4, 0.5) is 11.4 Å². The molecule has 0 saturated heterocycles. The molecule has 0 unspecified atom stereocenters. The minimum atomic E-state index is -0.152. The molecule has 0 saturated carbocycles. The van der Waals surface area contributed by atoms with Crippen molar-refractivity contribution in [3.8, 4) is 23.0 Å². The Morgan fingerprint density at radius 1 is 0.636 bits per heavy atom. The summed E-state index contributed by atoms with van der Waals surface area (Å²) in [5.74, 6) is 2.47. The maximum Gasteiger partial charge on any atom is 0.248 e. The van der Waals surface area contributed by atoms with E-state index in [1.807, 2.05) is 36.4 Å². The van der Waals surface area contributed by atoms with Crippen molar-refractivity contribution >= 4 is 34.3 Å². The number of ether oxygens (including phenoxy) is 4. The molecule has 10 nitrogen and oxygen atoms in total. The number of nitrogens with one attached hydrogen (secondary N) is 2. The van der Waals surface area contributed by atoms with Crippen LogP contribution in [0.5, 0.6) is 23.0 Å². The SMILES string of the molecule is CCN(CC)CCC/C(=C\C(=O)Nc1ccc2c(c1)OCCO2)c1ccc(C(C)(C)C)cc1.CCN1CC=C(/C(=C\C(=O)Nc2ccc3c(c2)OCCO3)c2ccc(C(C)(C)C)cc2)CC1. The Bertz CT molecular complexity index is 2350. The number of anilines is 2. The minimum Gasteiger partial charge on any atom is -0.486 e. The molecule has 0 aromatic heterocycles. The average molecular weight is 897 g/mol. The fourth-order valence-electron chi connectivity index (χ4n) is 8.16. The molecule has 7 rings (SSSR count). The molecule has 0 fully saturated rings. The number of likely N-dealkylation sites (N-methyl/N-ethyl adjacent to an activating group) is 1. The summed E-state index contributed by atoms with van der Waals surface area (Å²) in [6, 6.07) is 28.2. The molecule has 3 aliphatic rings. The number of amides is 2. The Kier molecular flexibility index (Phi) is 17.3. The molecule has 3 heterocycles. The number of rotatable bonds is 14. The molecular formula is C56H72N4O6. The second-order valence-electron chi connectivity index (χ2n) is 19.1. The molecule has 0 spiro atoms. The van der Waals surface area contributed by atoms with Gasteiger partial charge in [-0.1, -0.05) is 117 Å². The van der Waals surface area contributed by atoms with Gasteiger partial charge in [0.25, 0.3) is 0 Å². The van der Waals surface area contributed by atoms with E-state index in [1.54, 1.807) is 12.2 Å². The zero-order valence-corrected chi connectivity index (χ0v) is 40.9. The highest BCUT2D eigenvalue weighted by molar-refractivity contribution is 6.06. The Labute approximate surface area is 394 Å². The standard InChI is InChI=1S/C28H34N2O3.C28H38N2O3/c1-5-30-14-12-21(13-15-30)24(20-6-8-22(9-7-20)28(2,3)4)19-27(31)29-23-10-11-25-26(18-23)33-17-16-32-25;1-6-30(7-2)16-8-9-22(21-10-12-23(13-11-21)28(3,4)5)19-27(31)29-24-14-15-25-26(20-24)33-18-17-32-25/h6-12,18-19H,5,13-17H2,1-4H3,(H,29,31);10-15,19-20H,6-9,16-18H2,1-5H3,(H,29,31)/b24-19-;22-19+. The summed E-state index contributed by atoms with van der Waals surface area (Å²) in [6.45, 7) is 28.0. The number of carbonyl (C=O) groups excluding carboxylic acids is 2. The first kappa shape index (κ1) is 49.6. The molecule has 0 atom stereocenters. The lowest BCUT2D eigenvalue weighted by molar-refractivity contribution is -0.112. The van der Waals surface area contributed by atoms with Gasteiger partial charge in [-0.3, -0.25) is 14.5 Å². The smallest absolute Gasteiger partial charge is 0.248 e. The number of hydrogen-bond acceptors (Lipinski definition) is 8. The molecule has 3 aliphatic heterocycles. The van der Waals surface area contributed by atoms with Gasteiger partial charge in [-0.05, 0) is 120 Å². The highest BCUT2D eigenvalue weighted by Gasteiger charge is 2.20. The van der Waals surface area contributed by atoms with Crippen molar-refractivity contribution < 1.29 is 28.5 Å². The summed E-state index contributed by atoms with van der Waals surface area (Å²) in [6.07, 6.45) is 8.51. The minimum absolute atomic E-state index is 0.0871. The average Bonchev–Trinajstić information content (AvgIpc) is 3.31. The van der Waals surface area contributed by atoms with Crippen LogP contribution in [-0.4, -0.2) is 87.3 Å². The molecule has 2 N–H and O–H groups in total. The second kappa shape index (κ2) is 23.1. The number of allylic oxidation sites excluding steroid dienone is 2. The van der Waals surface area contributed by atoms with Crippen LogP contribution in [-0.2, 0) is 20.4 Å².